The Morgan fingerprint density at radius 1 is 0.533 bits per heavy atom. The Morgan fingerprint density at radius 2 is 0.933 bits per heavy atom. The Hall–Kier alpha value is -8.16. The van der Waals surface area contributed by atoms with Crippen molar-refractivity contribution in [2.24, 2.45) is 0 Å². The molecule has 0 bridgehead atoms. The quantitative estimate of drug-likeness (QED) is 0.0211. The number of nitrogens with zero attached hydrogens (tertiary/aromatic N) is 1. The number of rotatable bonds is 31. The Morgan fingerprint density at radius 3 is 1.32 bits per heavy atom. The smallest absolute Gasteiger partial charge is 0.336 e. The minimum atomic E-state index is -1.60. The maximum atomic E-state index is 14.8. The van der Waals surface area contributed by atoms with Crippen LogP contribution in [-0.4, -0.2) is 90.6 Å². The fourth-order valence-corrected chi connectivity index (χ4v) is 7.67. The minimum absolute atomic E-state index is 0.0707. The van der Waals surface area contributed by atoms with E-state index in [4.69, 9.17) is 33.2 Å². The zero-order valence-corrected chi connectivity index (χ0v) is 41.0. The van der Waals surface area contributed by atoms with Gasteiger partial charge in [-0.3, -0.25) is 24.5 Å². The summed E-state index contributed by atoms with van der Waals surface area (Å²) in [4.78, 5) is 69.3. The van der Waals surface area contributed by atoms with Crippen LogP contribution in [0, 0.1) is 10.1 Å². The molecule has 0 spiro atoms. The monoisotopic (exact) mass is 1020 g/mol. The van der Waals surface area contributed by atoms with Crippen molar-refractivity contribution in [2.75, 3.05) is 39.6 Å². The average Bonchev–Trinajstić information content (AvgIpc) is 3.43. The third kappa shape index (κ3) is 17.2. The molecule has 0 saturated heterocycles. The molecule has 17 nitrogen and oxygen atoms in total. The summed E-state index contributed by atoms with van der Waals surface area (Å²) < 4.78 is 43.2. The normalized spacial score (nSPS) is 11.2. The molecule has 0 aliphatic heterocycles. The fraction of sp³-hybridized carbons (Fsp3) is 0.241. The molecular formula is C58H57N3O14. The molecule has 6 aromatic carbocycles. The van der Waals surface area contributed by atoms with Crippen LogP contribution in [0.3, 0.4) is 0 Å². The van der Waals surface area contributed by atoms with Crippen molar-refractivity contribution in [2.45, 2.75) is 51.3 Å². The lowest BCUT2D eigenvalue weighted by Gasteiger charge is -2.26. The topological polar surface area (TPSA) is 224 Å². The van der Waals surface area contributed by atoms with Crippen LogP contribution in [0.5, 0.6) is 5.75 Å². The Bertz CT molecular complexity index is 2770. The van der Waals surface area contributed by atoms with E-state index in [9.17, 15) is 34.4 Å². The summed E-state index contributed by atoms with van der Waals surface area (Å²) in [6.07, 6.45) is -0.339. The molecule has 0 fully saturated rings. The lowest BCUT2D eigenvalue weighted by Crippen LogP contribution is -2.45. The number of carboxylic acids is 1. The van der Waals surface area contributed by atoms with Crippen LogP contribution in [0.25, 0.3) is 0 Å². The van der Waals surface area contributed by atoms with E-state index < -0.39 is 80.1 Å². The highest BCUT2D eigenvalue weighted by atomic mass is 16.6. The van der Waals surface area contributed by atoms with Crippen LogP contribution in [0.4, 0.5) is 5.69 Å². The number of aromatic amines is 1. The van der Waals surface area contributed by atoms with Crippen molar-refractivity contribution in [3.05, 3.63) is 247 Å². The molecule has 0 radical (unpaired) electrons. The molecular weight excluding hydrogens is 963 g/mol. The summed E-state index contributed by atoms with van der Waals surface area (Å²) in [5.74, 6) is -4.25. The number of ether oxygens (including phenoxy) is 7. The van der Waals surface area contributed by atoms with Crippen LogP contribution >= 0.6 is 0 Å². The first-order valence-corrected chi connectivity index (χ1v) is 24.1. The fourth-order valence-electron chi connectivity index (χ4n) is 7.67. The number of pyridine rings is 1. The minimum Gasteiger partial charge on any atom is -0.482 e. The molecule has 1 amide bonds. The van der Waals surface area contributed by atoms with Gasteiger partial charge in [0.1, 0.15) is 24.4 Å². The molecule has 388 valence electrons. The second-order valence-corrected chi connectivity index (χ2v) is 17.2. The van der Waals surface area contributed by atoms with Gasteiger partial charge in [0.15, 0.2) is 11.5 Å². The summed E-state index contributed by atoms with van der Waals surface area (Å²) in [6.45, 7) is 0.692. The zero-order chi connectivity index (χ0) is 52.6. The van der Waals surface area contributed by atoms with E-state index in [-0.39, 0.29) is 72.7 Å². The Labute approximate surface area is 433 Å². The third-order valence-electron chi connectivity index (χ3n) is 11.5. The predicted octanol–water partition coefficient (Wildman–Crippen LogP) is 8.53. The number of nitrogens with one attached hydrogen (secondary N) is 2. The van der Waals surface area contributed by atoms with Gasteiger partial charge in [0.25, 0.3) is 11.5 Å². The van der Waals surface area contributed by atoms with Crippen molar-refractivity contribution in [3.63, 3.8) is 0 Å². The molecule has 3 N–H and O–H groups in total. The number of amides is 1. The highest BCUT2D eigenvalue weighted by Crippen LogP contribution is 2.33. The summed E-state index contributed by atoms with van der Waals surface area (Å²) in [5, 5.41) is 25.6. The van der Waals surface area contributed by atoms with Gasteiger partial charge >= 0.3 is 11.7 Å². The third-order valence-corrected chi connectivity index (χ3v) is 11.5. The average molecular weight is 1020 g/mol. The highest BCUT2D eigenvalue weighted by molar-refractivity contribution is 6.19. The van der Waals surface area contributed by atoms with E-state index in [2.05, 4.69) is 10.3 Å². The number of carbonyl (C=O) groups excluding carboxylic acids is 2. The van der Waals surface area contributed by atoms with Crippen molar-refractivity contribution in [1.82, 2.24) is 10.3 Å². The molecule has 1 heterocycles. The van der Waals surface area contributed by atoms with Gasteiger partial charge in [-0.15, -0.1) is 0 Å². The molecule has 0 saturated carbocycles. The molecule has 0 aliphatic carbocycles. The maximum absolute atomic E-state index is 14.8. The zero-order valence-electron chi connectivity index (χ0n) is 41.0. The van der Waals surface area contributed by atoms with Gasteiger partial charge in [0.2, 0.25) is 0 Å². The number of carboxylic acid groups (broad SMARTS) is 1. The van der Waals surface area contributed by atoms with Crippen LogP contribution in [-0.2, 0) is 61.5 Å². The van der Waals surface area contributed by atoms with E-state index >= 15 is 0 Å². The van der Waals surface area contributed by atoms with E-state index in [1.807, 2.05) is 121 Å². The van der Waals surface area contributed by atoms with Gasteiger partial charge < -0.3 is 48.6 Å². The van der Waals surface area contributed by atoms with Crippen molar-refractivity contribution in [3.8, 4) is 5.75 Å². The molecule has 17 heteroatoms. The number of aromatic nitrogens is 1. The molecule has 1 aromatic heterocycles. The van der Waals surface area contributed by atoms with E-state index in [0.717, 1.165) is 46.6 Å². The number of ketones is 1. The lowest BCUT2D eigenvalue weighted by atomic mass is 9.94. The molecule has 0 atom stereocenters. The van der Waals surface area contributed by atoms with Gasteiger partial charge in [0, 0.05) is 17.8 Å². The highest BCUT2D eigenvalue weighted by Gasteiger charge is 2.32. The first-order valence-electron chi connectivity index (χ1n) is 24.1. The number of benzene rings is 6. The molecule has 7 rings (SSSR count). The van der Waals surface area contributed by atoms with Crippen LogP contribution in [0.1, 0.15) is 64.5 Å². The van der Waals surface area contributed by atoms with Gasteiger partial charge in [-0.2, -0.15) is 0 Å². The second-order valence-electron chi connectivity index (χ2n) is 17.2. The number of nitro benzene ring substituents is 1. The molecule has 0 aliphatic rings. The first-order chi connectivity index (χ1) is 36.6. The number of nitro groups is 1. The largest absolute Gasteiger partial charge is 0.482 e. The van der Waals surface area contributed by atoms with Crippen LogP contribution in [0.2, 0.25) is 0 Å². The number of carbonyl (C=O) groups is 3. The van der Waals surface area contributed by atoms with Gasteiger partial charge in [-0.1, -0.05) is 152 Å². The number of H-pyrrole nitrogens is 1. The Balaban J connectivity index is 1.20. The summed E-state index contributed by atoms with van der Waals surface area (Å²) in [6, 6.07) is 48.7. The summed E-state index contributed by atoms with van der Waals surface area (Å²) in [7, 11) is 0. The lowest BCUT2D eigenvalue weighted by molar-refractivity contribution is -0.386. The van der Waals surface area contributed by atoms with Crippen molar-refractivity contribution < 1.29 is 57.6 Å². The second kappa shape index (κ2) is 28.9. The standard InChI is InChI=1S/C58H57N3O14/c62-55(54-49(58(65)66)26-27-59-57(54)64)50-29-53(75-34-45-24-14-5-15-25-45)52(61(67)68)28-51(50)56(63)60-46(35-73-47(37-69-30-41-16-6-1-7-17-41)38-70-31-42-18-8-2-9-19-42)36-74-48(39-71-32-43-20-10-3-11-21-43)40-72-33-44-22-12-4-13-23-44/h1-29,46-48H,30-40H2,(H,59,64)(H,60,63)(H,65,66). The number of hydrogen-bond donors (Lipinski definition) is 3. The van der Waals surface area contributed by atoms with E-state index in [1.165, 1.54) is 0 Å². The van der Waals surface area contributed by atoms with Gasteiger partial charge in [0.05, 0.1) is 88.2 Å². The first kappa shape index (κ1) is 54.6. The van der Waals surface area contributed by atoms with Gasteiger partial charge in [-0.05, 0) is 39.9 Å². The Kier molecular flexibility index (Phi) is 21.1. The van der Waals surface area contributed by atoms with Crippen molar-refractivity contribution in [1.29, 1.82) is 0 Å². The maximum Gasteiger partial charge on any atom is 0.336 e. The SMILES string of the molecule is O=C(NC(COC(COCc1ccccc1)COCc1ccccc1)COC(COCc1ccccc1)COCc1ccccc1)c1cc([N+](=O)[O-])c(OCc2ccccc2)cc1C(=O)c1c(C(=O)O)cc[nH]c1=O. The van der Waals surface area contributed by atoms with E-state index in [1.54, 1.807) is 30.3 Å². The van der Waals surface area contributed by atoms with E-state index in [0.29, 0.717) is 5.56 Å². The van der Waals surface area contributed by atoms with Gasteiger partial charge in [-0.25, -0.2) is 4.79 Å². The number of hydrogen-bond acceptors (Lipinski definition) is 13. The van der Waals surface area contributed by atoms with Crippen LogP contribution in [0.15, 0.2) is 181 Å². The number of aromatic carboxylic acids is 1. The van der Waals surface area contributed by atoms with Crippen LogP contribution < -0.4 is 15.6 Å². The summed E-state index contributed by atoms with van der Waals surface area (Å²) >= 11 is 0. The molecule has 0 unspecified atom stereocenters. The molecule has 7 aromatic rings. The predicted molar refractivity (Wildman–Crippen MR) is 276 cm³/mol. The summed E-state index contributed by atoms with van der Waals surface area (Å²) in [5.41, 5.74) is -0.000425. The van der Waals surface area contributed by atoms with Crippen molar-refractivity contribution >= 4 is 23.3 Å². The molecule has 75 heavy (non-hydrogen) atoms.